The molecule has 176 valence electrons. The third-order valence-corrected chi connectivity index (χ3v) is 5.76. The molecular formula is C28H26FN5S. The van der Waals surface area contributed by atoms with Gasteiger partial charge in [0.25, 0.3) is 0 Å². The van der Waals surface area contributed by atoms with E-state index in [9.17, 15) is 4.39 Å². The van der Waals surface area contributed by atoms with Crippen molar-refractivity contribution in [2.45, 2.75) is 18.7 Å². The number of aromatic nitrogens is 2. The normalized spacial score (nSPS) is 10.3. The largest absolute Gasteiger partial charge is 0.355 e. The Morgan fingerprint density at radius 2 is 1.43 bits per heavy atom. The summed E-state index contributed by atoms with van der Waals surface area (Å²) in [5.41, 5.74) is 5.41. The van der Waals surface area contributed by atoms with Crippen LogP contribution in [-0.4, -0.2) is 9.97 Å². The highest BCUT2D eigenvalue weighted by molar-refractivity contribution is 8.00. The van der Waals surface area contributed by atoms with Gasteiger partial charge in [-0.05, 0) is 84.7 Å². The minimum absolute atomic E-state index is 0.285. The van der Waals surface area contributed by atoms with E-state index < -0.39 is 0 Å². The smallest absolute Gasteiger partial charge is 0.124 e. The Morgan fingerprint density at radius 1 is 0.686 bits per heavy atom. The zero-order valence-corrected chi connectivity index (χ0v) is 20.3. The molecule has 0 spiro atoms. The van der Waals surface area contributed by atoms with Crippen LogP contribution in [0.15, 0.2) is 108 Å². The molecule has 0 atom stereocenters. The highest BCUT2D eigenvalue weighted by atomic mass is 32.2. The molecule has 0 radical (unpaired) electrons. The van der Waals surface area contributed by atoms with E-state index in [2.05, 4.69) is 25.3 Å². The molecular weight excluding hydrogens is 457 g/mol. The van der Waals surface area contributed by atoms with Crippen molar-refractivity contribution in [3.05, 3.63) is 109 Å². The highest BCUT2D eigenvalue weighted by Crippen LogP contribution is 2.29. The van der Waals surface area contributed by atoms with E-state index in [4.69, 9.17) is 0 Å². The fraction of sp³-hybridized carbons (Fsp3) is 0.0714. The van der Waals surface area contributed by atoms with Gasteiger partial charge in [-0.3, -0.25) is 9.97 Å². The second-order valence-electron chi connectivity index (χ2n) is 7.32. The minimum atomic E-state index is -0.285. The number of hydrogen-bond acceptors (Lipinski definition) is 6. The van der Waals surface area contributed by atoms with E-state index in [1.54, 1.807) is 24.7 Å². The van der Waals surface area contributed by atoms with Gasteiger partial charge in [-0.25, -0.2) is 4.39 Å². The average molecular weight is 484 g/mol. The van der Waals surface area contributed by atoms with Crippen molar-refractivity contribution in [3.8, 4) is 0 Å². The van der Waals surface area contributed by atoms with Gasteiger partial charge in [0.05, 0.1) is 5.52 Å². The van der Waals surface area contributed by atoms with Gasteiger partial charge in [0.15, 0.2) is 0 Å². The summed E-state index contributed by atoms with van der Waals surface area (Å²) >= 11 is 1.52. The molecule has 2 aromatic heterocycles. The van der Waals surface area contributed by atoms with Crippen LogP contribution in [0.5, 0.6) is 0 Å². The van der Waals surface area contributed by atoms with Crippen LogP contribution in [0.2, 0.25) is 0 Å². The van der Waals surface area contributed by atoms with Crippen LogP contribution >= 0.6 is 11.9 Å². The number of rotatable bonds is 7. The summed E-state index contributed by atoms with van der Waals surface area (Å²) in [5, 5.41) is 7.50. The summed E-state index contributed by atoms with van der Waals surface area (Å²) in [6.45, 7) is 4.00. The number of halogens is 1. The van der Waals surface area contributed by atoms with Crippen molar-refractivity contribution in [1.82, 2.24) is 9.97 Å². The van der Waals surface area contributed by atoms with Crippen molar-refractivity contribution >= 4 is 51.3 Å². The number of nitrogens with zero attached hydrogens (tertiary/aromatic N) is 2. The van der Waals surface area contributed by atoms with E-state index in [0.717, 1.165) is 44.2 Å². The summed E-state index contributed by atoms with van der Waals surface area (Å²) in [4.78, 5) is 9.39. The third-order valence-electron chi connectivity index (χ3n) is 4.93. The standard InChI is InChI=1S/C26H20FN5S.C2H6/c27-18-7-8-25-24(15-18)26(11-14-29-25)31-21-4-2-6-23(17-21)33-32-22-5-1-3-20(16-22)30-19-9-12-28-13-10-19;1-2/h1-17,32H,(H,28,30)(H,29,31);1-2H3. The van der Waals surface area contributed by atoms with E-state index in [0.29, 0.717) is 0 Å². The van der Waals surface area contributed by atoms with Gasteiger partial charge in [0, 0.05) is 57.3 Å². The van der Waals surface area contributed by atoms with Crippen LogP contribution in [0.1, 0.15) is 13.8 Å². The lowest BCUT2D eigenvalue weighted by Crippen LogP contribution is -1.94. The minimum Gasteiger partial charge on any atom is -0.355 e. The van der Waals surface area contributed by atoms with Crippen LogP contribution in [-0.2, 0) is 0 Å². The molecule has 5 rings (SSSR count). The molecule has 0 aliphatic carbocycles. The number of pyridine rings is 2. The Hall–Kier alpha value is -4.10. The molecule has 0 saturated carbocycles. The number of anilines is 5. The zero-order valence-electron chi connectivity index (χ0n) is 19.5. The average Bonchev–Trinajstić information content (AvgIpc) is 2.90. The highest BCUT2D eigenvalue weighted by Gasteiger charge is 2.05. The molecule has 3 aromatic carbocycles. The van der Waals surface area contributed by atoms with Gasteiger partial charge in [0.1, 0.15) is 5.82 Å². The molecule has 2 heterocycles. The second kappa shape index (κ2) is 11.9. The zero-order chi connectivity index (χ0) is 24.5. The van der Waals surface area contributed by atoms with Crippen LogP contribution in [0.3, 0.4) is 0 Å². The maximum Gasteiger partial charge on any atom is 0.124 e. The van der Waals surface area contributed by atoms with Crippen molar-refractivity contribution in [1.29, 1.82) is 0 Å². The number of hydrogen-bond donors (Lipinski definition) is 3. The summed E-state index contributed by atoms with van der Waals surface area (Å²) in [6.07, 6.45) is 5.23. The van der Waals surface area contributed by atoms with Crippen LogP contribution in [0.25, 0.3) is 10.9 Å². The quantitative estimate of drug-likeness (QED) is 0.202. The first kappa shape index (κ1) is 24.0. The van der Waals surface area contributed by atoms with Gasteiger partial charge >= 0.3 is 0 Å². The summed E-state index contributed by atoms with van der Waals surface area (Å²) in [7, 11) is 0. The molecule has 0 saturated heterocycles. The lowest BCUT2D eigenvalue weighted by atomic mass is 10.1. The van der Waals surface area contributed by atoms with Gasteiger partial charge in [0.2, 0.25) is 0 Å². The Morgan fingerprint density at radius 3 is 2.26 bits per heavy atom. The molecule has 0 unspecified atom stereocenters. The second-order valence-corrected chi connectivity index (χ2v) is 8.20. The molecule has 0 amide bonds. The number of fused-ring (bicyclic) bond motifs is 1. The van der Waals surface area contributed by atoms with Gasteiger partial charge in [-0.15, -0.1) is 0 Å². The summed E-state index contributed by atoms with van der Waals surface area (Å²) < 4.78 is 17.1. The predicted octanol–water partition coefficient (Wildman–Crippen LogP) is 8.40. The maximum atomic E-state index is 13.8. The number of benzene rings is 3. The van der Waals surface area contributed by atoms with Crippen molar-refractivity contribution < 1.29 is 4.39 Å². The fourth-order valence-corrected chi connectivity index (χ4v) is 4.10. The van der Waals surface area contributed by atoms with Crippen molar-refractivity contribution in [2.75, 3.05) is 15.4 Å². The monoisotopic (exact) mass is 483 g/mol. The predicted molar refractivity (Wildman–Crippen MR) is 146 cm³/mol. The summed E-state index contributed by atoms with van der Waals surface area (Å²) in [6, 6.07) is 26.4. The Labute approximate surface area is 209 Å². The van der Waals surface area contributed by atoms with Crippen molar-refractivity contribution in [3.63, 3.8) is 0 Å². The molecule has 0 aliphatic heterocycles. The molecule has 0 fully saturated rings. The molecule has 35 heavy (non-hydrogen) atoms. The van der Waals surface area contributed by atoms with Crippen molar-refractivity contribution in [2.24, 2.45) is 0 Å². The Kier molecular flexibility index (Phi) is 8.14. The maximum absolute atomic E-state index is 13.8. The topological polar surface area (TPSA) is 61.9 Å². The SMILES string of the molecule is CC.Fc1ccc2nccc(Nc3cccc(SNc4cccc(Nc5ccncc5)c4)c3)c2c1. The molecule has 0 aliphatic rings. The molecule has 3 N–H and O–H groups in total. The molecule has 0 bridgehead atoms. The van der Waals surface area contributed by atoms with E-state index in [1.807, 2.05) is 80.6 Å². The third kappa shape index (κ3) is 6.49. The first-order valence-electron chi connectivity index (χ1n) is 11.3. The van der Waals surface area contributed by atoms with E-state index >= 15 is 0 Å². The van der Waals surface area contributed by atoms with Crippen LogP contribution in [0, 0.1) is 5.82 Å². The first-order chi connectivity index (χ1) is 17.2. The van der Waals surface area contributed by atoms with E-state index in [-0.39, 0.29) is 5.82 Å². The first-order valence-corrected chi connectivity index (χ1v) is 12.2. The number of nitrogens with one attached hydrogen (secondary N) is 3. The van der Waals surface area contributed by atoms with Crippen LogP contribution < -0.4 is 15.4 Å². The van der Waals surface area contributed by atoms with Gasteiger partial charge in [-0.2, -0.15) is 0 Å². The van der Waals surface area contributed by atoms with Crippen LogP contribution in [0.4, 0.5) is 32.8 Å². The summed E-state index contributed by atoms with van der Waals surface area (Å²) in [5.74, 6) is -0.285. The molecule has 5 nitrogen and oxygen atoms in total. The Balaban J connectivity index is 0.00000141. The fourth-order valence-electron chi connectivity index (χ4n) is 3.40. The van der Waals surface area contributed by atoms with Gasteiger partial charge in [-0.1, -0.05) is 26.0 Å². The lowest BCUT2D eigenvalue weighted by Gasteiger charge is -2.12. The Bertz CT molecular complexity index is 1390. The van der Waals surface area contributed by atoms with Gasteiger partial charge < -0.3 is 15.4 Å². The molecule has 7 heteroatoms. The van der Waals surface area contributed by atoms with E-state index in [1.165, 1.54) is 24.1 Å². The molecule has 5 aromatic rings. The lowest BCUT2D eigenvalue weighted by molar-refractivity contribution is 0.629.